The van der Waals surface area contributed by atoms with Gasteiger partial charge in [-0.1, -0.05) is 30.1 Å². The fraction of sp³-hybridized carbons (Fsp3) is 0.562. The summed E-state index contributed by atoms with van der Waals surface area (Å²) >= 11 is 12.7. The van der Waals surface area contributed by atoms with Gasteiger partial charge in [0.15, 0.2) is 5.75 Å². The number of ether oxygens (including phenoxy) is 1. The summed E-state index contributed by atoms with van der Waals surface area (Å²) in [5.74, 6) is 0.950. The lowest BCUT2D eigenvalue weighted by molar-refractivity contribution is 0.238. The summed E-state index contributed by atoms with van der Waals surface area (Å²) in [4.78, 5) is 2.46. The molecule has 2 unspecified atom stereocenters. The summed E-state index contributed by atoms with van der Waals surface area (Å²) < 4.78 is 5.50. The second kappa shape index (κ2) is 6.65. The van der Waals surface area contributed by atoms with Crippen LogP contribution in [0.25, 0.3) is 0 Å². The average Bonchev–Trinajstić information content (AvgIpc) is 2.93. The maximum Gasteiger partial charge on any atom is 0.156 e. The lowest BCUT2D eigenvalue weighted by Gasteiger charge is -2.33. The summed E-state index contributed by atoms with van der Waals surface area (Å²) in [6, 6.07) is 4.02. The van der Waals surface area contributed by atoms with Gasteiger partial charge < -0.3 is 15.1 Å². The number of piperidine rings is 1. The van der Waals surface area contributed by atoms with E-state index in [1.807, 2.05) is 19.1 Å². The van der Waals surface area contributed by atoms with E-state index in [1.54, 1.807) is 0 Å². The van der Waals surface area contributed by atoms with Crippen LogP contribution in [-0.2, 0) is 0 Å². The molecule has 2 aliphatic heterocycles. The molecule has 1 N–H and O–H groups in total. The van der Waals surface area contributed by atoms with Crippen molar-refractivity contribution in [3.05, 3.63) is 27.7 Å². The highest BCUT2D eigenvalue weighted by Crippen LogP contribution is 2.39. The van der Waals surface area contributed by atoms with Crippen LogP contribution in [0, 0.1) is 5.92 Å². The van der Waals surface area contributed by atoms with E-state index in [0.29, 0.717) is 28.3 Å². The maximum absolute atomic E-state index is 6.34. The fourth-order valence-electron chi connectivity index (χ4n) is 3.25. The van der Waals surface area contributed by atoms with Gasteiger partial charge in [-0.3, -0.25) is 0 Å². The molecule has 2 heterocycles. The molecule has 22 heavy (non-hydrogen) atoms. The molecule has 0 aliphatic carbocycles. The number of rotatable bonds is 4. The van der Waals surface area contributed by atoms with Crippen LogP contribution in [0.5, 0.6) is 5.75 Å². The SMILES string of the molecule is CCOc1c(Cl)cc(C2NN=C3CCN(CC)CC32)cc1Cl. The minimum Gasteiger partial charge on any atom is -0.491 e. The largest absolute Gasteiger partial charge is 0.491 e. The topological polar surface area (TPSA) is 36.9 Å². The number of halogens is 2. The van der Waals surface area contributed by atoms with Gasteiger partial charge in [-0.25, -0.2) is 0 Å². The van der Waals surface area contributed by atoms with Crippen molar-refractivity contribution in [3.63, 3.8) is 0 Å². The van der Waals surface area contributed by atoms with Crippen LogP contribution in [-0.4, -0.2) is 36.9 Å². The summed E-state index contributed by atoms with van der Waals surface area (Å²) in [5.41, 5.74) is 5.60. The van der Waals surface area contributed by atoms with Gasteiger partial charge in [-0.2, -0.15) is 5.10 Å². The van der Waals surface area contributed by atoms with E-state index >= 15 is 0 Å². The third-order valence-electron chi connectivity index (χ3n) is 4.43. The van der Waals surface area contributed by atoms with Crippen LogP contribution in [0.1, 0.15) is 31.9 Å². The minimum absolute atomic E-state index is 0.134. The highest BCUT2D eigenvalue weighted by atomic mass is 35.5. The number of fused-ring (bicyclic) bond motifs is 1. The van der Waals surface area contributed by atoms with Crippen LogP contribution in [0.4, 0.5) is 0 Å². The van der Waals surface area contributed by atoms with Crippen molar-refractivity contribution in [1.82, 2.24) is 10.3 Å². The smallest absolute Gasteiger partial charge is 0.156 e. The monoisotopic (exact) mass is 341 g/mol. The molecule has 6 heteroatoms. The number of benzene rings is 1. The first-order chi connectivity index (χ1) is 10.6. The van der Waals surface area contributed by atoms with E-state index in [2.05, 4.69) is 22.4 Å². The Bertz CT molecular complexity index is 568. The molecule has 0 bridgehead atoms. The molecule has 2 aliphatic rings. The Hall–Kier alpha value is -0.970. The normalized spacial score (nSPS) is 24.6. The number of nitrogens with zero attached hydrogens (tertiary/aromatic N) is 2. The van der Waals surface area contributed by atoms with E-state index in [1.165, 1.54) is 5.71 Å². The quantitative estimate of drug-likeness (QED) is 0.906. The third kappa shape index (κ3) is 2.92. The first-order valence-electron chi connectivity index (χ1n) is 7.80. The number of likely N-dealkylation sites (tertiary alicyclic amines) is 1. The molecule has 4 nitrogen and oxygen atoms in total. The van der Waals surface area contributed by atoms with Crippen molar-refractivity contribution >= 4 is 28.9 Å². The van der Waals surface area contributed by atoms with Gasteiger partial charge >= 0.3 is 0 Å². The maximum atomic E-state index is 6.34. The summed E-state index contributed by atoms with van der Waals surface area (Å²) in [6.45, 7) is 7.84. The van der Waals surface area contributed by atoms with Gasteiger partial charge in [0, 0.05) is 31.1 Å². The van der Waals surface area contributed by atoms with Gasteiger partial charge in [-0.15, -0.1) is 0 Å². The van der Waals surface area contributed by atoms with E-state index in [0.717, 1.165) is 31.6 Å². The molecule has 0 spiro atoms. The Morgan fingerprint density at radius 2 is 2.05 bits per heavy atom. The first-order valence-corrected chi connectivity index (χ1v) is 8.55. The highest BCUT2D eigenvalue weighted by Gasteiger charge is 2.37. The van der Waals surface area contributed by atoms with E-state index in [9.17, 15) is 0 Å². The van der Waals surface area contributed by atoms with Gasteiger partial charge in [0.2, 0.25) is 0 Å². The Balaban J connectivity index is 1.85. The van der Waals surface area contributed by atoms with E-state index < -0.39 is 0 Å². The highest BCUT2D eigenvalue weighted by molar-refractivity contribution is 6.37. The Labute approximate surface area is 141 Å². The number of hydrogen-bond acceptors (Lipinski definition) is 4. The number of hydrogen-bond donors (Lipinski definition) is 1. The molecule has 1 saturated heterocycles. The van der Waals surface area contributed by atoms with Crippen LogP contribution in [0.2, 0.25) is 10.0 Å². The van der Waals surface area contributed by atoms with Crippen molar-refractivity contribution < 1.29 is 4.74 Å². The van der Waals surface area contributed by atoms with Crippen molar-refractivity contribution in [2.24, 2.45) is 11.0 Å². The fourth-order valence-corrected chi connectivity index (χ4v) is 3.86. The molecule has 0 amide bonds. The minimum atomic E-state index is 0.134. The zero-order valence-electron chi connectivity index (χ0n) is 12.9. The van der Waals surface area contributed by atoms with E-state index in [4.69, 9.17) is 27.9 Å². The molecule has 1 aromatic rings. The summed E-state index contributed by atoms with van der Waals surface area (Å²) in [5, 5.41) is 5.64. The van der Waals surface area contributed by atoms with Gasteiger partial charge in [0.05, 0.1) is 22.7 Å². The molecule has 120 valence electrons. The summed E-state index contributed by atoms with van der Waals surface area (Å²) in [6.07, 6.45) is 1.03. The van der Waals surface area contributed by atoms with Crippen molar-refractivity contribution in [2.45, 2.75) is 26.3 Å². The average molecular weight is 342 g/mol. The Morgan fingerprint density at radius 3 is 2.68 bits per heavy atom. The Morgan fingerprint density at radius 1 is 1.32 bits per heavy atom. The summed E-state index contributed by atoms with van der Waals surface area (Å²) in [7, 11) is 0. The van der Waals surface area contributed by atoms with Gasteiger partial charge in [-0.05, 0) is 31.2 Å². The van der Waals surface area contributed by atoms with Gasteiger partial charge in [0.25, 0.3) is 0 Å². The predicted octanol–water partition coefficient (Wildman–Crippen LogP) is 3.73. The number of hydrazone groups is 1. The standard InChI is InChI=1S/C16H21Cl2N3O/c1-3-21-6-5-14-11(9-21)15(20-19-14)10-7-12(17)16(22-4-2)13(18)8-10/h7-8,11,15,20H,3-6,9H2,1-2H3. The zero-order chi connectivity index (χ0) is 15.7. The van der Waals surface area contributed by atoms with Crippen molar-refractivity contribution in [3.8, 4) is 5.75 Å². The van der Waals surface area contributed by atoms with Crippen molar-refractivity contribution in [1.29, 1.82) is 0 Å². The Kier molecular flexibility index (Phi) is 4.81. The van der Waals surface area contributed by atoms with Crippen LogP contribution in [0.15, 0.2) is 17.2 Å². The molecular formula is C16H21Cl2N3O. The molecule has 1 fully saturated rings. The second-order valence-electron chi connectivity index (χ2n) is 5.71. The molecule has 0 radical (unpaired) electrons. The molecule has 2 atom stereocenters. The lowest BCUT2D eigenvalue weighted by Crippen LogP contribution is -2.41. The molecule has 0 saturated carbocycles. The van der Waals surface area contributed by atoms with Crippen LogP contribution < -0.4 is 10.2 Å². The number of nitrogens with one attached hydrogen (secondary N) is 1. The third-order valence-corrected chi connectivity index (χ3v) is 4.99. The molecule has 1 aromatic carbocycles. The second-order valence-corrected chi connectivity index (χ2v) is 6.52. The van der Waals surface area contributed by atoms with Crippen molar-refractivity contribution in [2.75, 3.05) is 26.2 Å². The zero-order valence-corrected chi connectivity index (χ0v) is 14.4. The lowest BCUT2D eigenvalue weighted by atomic mass is 9.86. The van der Waals surface area contributed by atoms with Crippen LogP contribution in [0.3, 0.4) is 0 Å². The predicted molar refractivity (Wildman–Crippen MR) is 91.2 cm³/mol. The molecular weight excluding hydrogens is 321 g/mol. The first kappa shape index (κ1) is 15.9. The van der Waals surface area contributed by atoms with E-state index in [-0.39, 0.29) is 6.04 Å². The van der Waals surface area contributed by atoms with Gasteiger partial charge in [0.1, 0.15) is 0 Å². The molecule has 3 rings (SSSR count). The molecule has 0 aromatic heterocycles. The van der Waals surface area contributed by atoms with Crippen LogP contribution >= 0.6 is 23.2 Å².